The van der Waals surface area contributed by atoms with Gasteiger partial charge in [-0.15, -0.1) is 0 Å². The van der Waals surface area contributed by atoms with Crippen LogP contribution in [0.25, 0.3) is 11.1 Å². The molecule has 0 unspecified atom stereocenters. The number of carbonyl (C=O) groups is 1. The number of benzene rings is 1. The van der Waals surface area contributed by atoms with E-state index in [-0.39, 0.29) is 12.6 Å². The van der Waals surface area contributed by atoms with Gasteiger partial charge in [0.15, 0.2) is 11.5 Å². The molecule has 0 saturated carbocycles. The molecule has 6 nitrogen and oxygen atoms in total. The third-order valence-corrected chi connectivity index (χ3v) is 2.94. The molecule has 2 aromatic rings. The number of aliphatic hydroxyl groups excluding tert-OH is 1. The number of amides is 2. The number of aryl methyl sites for hydroxylation is 1. The fourth-order valence-corrected chi connectivity index (χ4v) is 1.93. The van der Waals surface area contributed by atoms with E-state index >= 15 is 0 Å². The highest BCUT2D eigenvalue weighted by Crippen LogP contribution is 2.19. The molecular formula is C14H19N3O3. The number of fused-ring (bicyclic) bond motifs is 1. The van der Waals surface area contributed by atoms with E-state index in [4.69, 9.17) is 9.52 Å². The van der Waals surface area contributed by atoms with Crippen molar-refractivity contribution in [1.82, 2.24) is 10.3 Å². The van der Waals surface area contributed by atoms with Gasteiger partial charge in [0.2, 0.25) is 0 Å². The van der Waals surface area contributed by atoms with Crippen molar-refractivity contribution in [2.75, 3.05) is 11.9 Å². The molecule has 0 aliphatic rings. The summed E-state index contributed by atoms with van der Waals surface area (Å²) in [4.78, 5) is 16.1. The van der Waals surface area contributed by atoms with Gasteiger partial charge in [0, 0.05) is 24.8 Å². The minimum absolute atomic E-state index is 0.0253. The van der Waals surface area contributed by atoms with E-state index in [9.17, 15) is 4.79 Å². The highest BCUT2D eigenvalue weighted by molar-refractivity contribution is 5.91. The zero-order chi connectivity index (χ0) is 14.8. The second-order valence-corrected chi connectivity index (χ2v) is 5.35. The summed E-state index contributed by atoms with van der Waals surface area (Å²) in [6.45, 7) is 5.51. The molecule has 2 amide bonds. The molecule has 0 fully saturated rings. The van der Waals surface area contributed by atoms with Crippen LogP contribution in [0.5, 0.6) is 0 Å². The zero-order valence-corrected chi connectivity index (χ0v) is 11.9. The molecule has 1 aromatic heterocycles. The quantitative estimate of drug-likeness (QED) is 0.801. The summed E-state index contributed by atoms with van der Waals surface area (Å²) in [6, 6.07) is 4.96. The fraction of sp³-hybridized carbons (Fsp3) is 0.429. The normalized spacial score (nSPS) is 11.6. The van der Waals surface area contributed by atoms with Crippen LogP contribution in [-0.2, 0) is 0 Å². The molecule has 0 saturated heterocycles. The molecule has 20 heavy (non-hydrogen) atoms. The first kappa shape index (κ1) is 14.3. The van der Waals surface area contributed by atoms with Gasteiger partial charge in [0.1, 0.15) is 5.52 Å². The predicted octanol–water partition coefficient (Wildman–Crippen LogP) is 2.42. The van der Waals surface area contributed by atoms with E-state index in [1.54, 1.807) is 25.1 Å². The summed E-state index contributed by atoms with van der Waals surface area (Å²) in [5.74, 6) is 0.589. The zero-order valence-electron chi connectivity index (χ0n) is 11.9. The summed E-state index contributed by atoms with van der Waals surface area (Å²) in [7, 11) is 0. The molecule has 6 heteroatoms. The lowest BCUT2D eigenvalue weighted by molar-refractivity contribution is 0.218. The number of rotatable bonds is 4. The number of aliphatic hydroxyl groups is 1. The van der Waals surface area contributed by atoms with Gasteiger partial charge in [0.25, 0.3) is 0 Å². The van der Waals surface area contributed by atoms with Crippen molar-refractivity contribution in [2.24, 2.45) is 0 Å². The number of hydrogen-bond acceptors (Lipinski definition) is 4. The van der Waals surface area contributed by atoms with Crippen LogP contribution in [0.15, 0.2) is 22.6 Å². The number of nitrogens with one attached hydrogen (secondary N) is 2. The minimum atomic E-state index is -0.465. The first-order valence-electron chi connectivity index (χ1n) is 6.47. The monoisotopic (exact) mass is 277 g/mol. The maximum Gasteiger partial charge on any atom is 0.319 e. The summed E-state index contributed by atoms with van der Waals surface area (Å²) >= 11 is 0. The Balaban J connectivity index is 2.05. The first-order valence-corrected chi connectivity index (χ1v) is 6.47. The molecule has 0 aliphatic carbocycles. The van der Waals surface area contributed by atoms with Crippen molar-refractivity contribution in [2.45, 2.75) is 32.7 Å². The van der Waals surface area contributed by atoms with E-state index in [1.807, 2.05) is 13.8 Å². The van der Waals surface area contributed by atoms with E-state index < -0.39 is 5.54 Å². The maximum absolute atomic E-state index is 11.9. The number of hydrogen-bond donors (Lipinski definition) is 3. The van der Waals surface area contributed by atoms with Crippen LogP contribution in [0.1, 0.15) is 26.2 Å². The van der Waals surface area contributed by atoms with Gasteiger partial charge in [0.05, 0.1) is 0 Å². The Morgan fingerprint density at radius 3 is 2.90 bits per heavy atom. The molecule has 1 aromatic carbocycles. The topological polar surface area (TPSA) is 87.4 Å². The standard InChI is InChI=1S/C14H19N3O3/c1-9-15-11-8-10(4-5-12(11)20-9)16-13(19)17-14(2,3)6-7-18/h4-5,8,18H,6-7H2,1-3H3,(H2,16,17,19). The molecular weight excluding hydrogens is 258 g/mol. The van der Waals surface area contributed by atoms with Crippen molar-refractivity contribution >= 4 is 22.8 Å². The minimum Gasteiger partial charge on any atom is -0.441 e. The SMILES string of the molecule is Cc1nc2cc(NC(=O)NC(C)(C)CCO)ccc2o1. The smallest absolute Gasteiger partial charge is 0.319 e. The molecule has 108 valence electrons. The highest BCUT2D eigenvalue weighted by atomic mass is 16.3. The molecule has 2 rings (SSSR count). The lowest BCUT2D eigenvalue weighted by atomic mass is 10.0. The van der Waals surface area contributed by atoms with Crippen molar-refractivity contribution < 1.29 is 14.3 Å². The van der Waals surface area contributed by atoms with Crippen molar-refractivity contribution in [1.29, 1.82) is 0 Å². The summed E-state index contributed by atoms with van der Waals surface area (Å²) in [5, 5.41) is 14.5. The van der Waals surface area contributed by atoms with Crippen LogP contribution >= 0.6 is 0 Å². The molecule has 0 bridgehead atoms. The molecule has 0 atom stereocenters. The van der Waals surface area contributed by atoms with E-state index in [1.165, 1.54) is 0 Å². The number of anilines is 1. The van der Waals surface area contributed by atoms with Gasteiger partial charge in [-0.3, -0.25) is 0 Å². The number of aromatic nitrogens is 1. The number of nitrogens with zero attached hydrogens (tertiary/aromatic N) is 1. The number of carbonyl (C=O) groups excluding carboxylic acids is 1. The Labute approximate surface area is 117 Å². The van der Waals surface area contributed by atoms with Crippen LogP contribution in [0.3, 0.4) is 0 Å². The third kappa shape index (κ3) is 3.48. The third-order valence-electron chi connectivity index (χ3n) is 2.94. The summed E-state index contributed by atoms with van der Waals surface area (Å²) in [6.07, 6.45) is 0.488. The Kier molecular flexibility index (Phi) is 3.94. The Morgan fingerprint density at radius 2 is 2.20 bits per heavy atom. The van der Waals surface area contributed by atoms with Gasteiger partial charge in [-0.1, -0.05) is 0 Å². The van der Waals surface area contributed by atoms with E-state index in [0.29, 0.717) is 29.1 Å². The van der Waals surface area contributed by atoms with Crippen molar-refractivity contribution in [3.8, 4) is 0 Å². The van der Waals surface area contributed by atoms with Crippen LogP contribution < -0.4 is 10.6 Å². The molecule has 3 N–H and O–H groups in total. The van der Waals surface area contributed by atoms with E-state index in [0.717, 1.165) is 0 Å². The average Bonchev–Trinajstić information content (AvgIpc) is 2.67. The van der Waals surface area contributed by atoms with Crippen molar-refractivity contribution in [3.05, 3.63) is 24.1 Å². The molecule has 0 spiro atoms. The van der Waals surface area contributed by atoms with Gasteiger partial charge >= 0.3 is 6.03 Å². The Morgan fingerprint density at radius 1 is 1.45 bits per heavy atom. The largest absolute Gasteiger partial charge is 0.441 e. The second-order valence-electron chi connectivity index (χ2n) is 5.35. The average molecular weight is 277 g/mol. The van der Waals surface area contributed by atoms with Crippen LogP contribution in [0.2, 0.25) is 0 Å². The number of oxazole rings is 1. The maximum atomic E-state index is 11.9. The van der Waals surface area contributed by atoms with Crippen LogP contribution in [0, 0.1) is 6.92 Å². The lowest BCUT2D eigenvalue weighted by Gasteiger charge is -2.25. The van der Waals surface area contributed by atoms with E-state index in [2.05, 4.69) is 15.6 Å². The lowest BCUT2D eigenvalue weighted by Crippen LogP contribution is -2.46. The van der Waals surface area contributed by atoms with Gasteiger partial charge in [-0.05, 0) is 38.5 Å². The Hall–Kier alpha value is -2.08. The first-order chi connectivity index (χ1) is 9.39. The second kappa shape index (κ2) is 5.50. The molecule has 1 heterocycles. The molecule has 0 radical (unpaired) electrons. The predicted molar refractivity (Wildman–Crippen MR) is 76.7 cm³/mol. The van der Waals surface area contributed by atoms with Crippen LogP contribution in [-0.4, -0.2) is 28.3 Å². The number of urea groups is 1. The Bertz CT molecular complexity index is 619. The summed E-state index contributed by atoms with van der Waals surface area (Å²) < 4.78 is 5.37. The van der Waals surface area contributed by atoms with Gasteiger partial charge < -0.3 is 20.2 Å². The van der Waals surface area contributed by atoms with Gasteiger partial charge in [-0.2, -0.15) is 0 Å². The van der Waals surface area contributed by atoms with Crippen molar-refractivity contribution in [3.63, 3.8) is 0 Å². The molecule has 0 aliphatic heterocycles. The summed E-state index contributed by atoms with van der Waals surface area (Å²) in [5.41, 5.74) is 1.57. The van der Waals surface area contributed by atoms with Gasteiger partial charge in [-0.25, -0.2) is 9.78 Å². The van der Waals surface area contributed by atoms with Crippen LogP contribution in [0.4, 0.5) is 10.5 Å². The highest BCUT2D eigenvalue weighted by Gasteiger charge is 2.19. The fourth-order valence-electron chi connectivity index (χ4n) is 1.93.